The van der Waals surface area contributed by atoms with E-state index in [2.05, 4.69) is 31.3 Å². The first-order valence-electron chi connectivity index (χ1n) is 6.08. The van der Waals surface area contributed by atoms with E-state index >= 15 is 0 Å². The summed E-state index contributed by atoms with van der Waals surface area (Å²) in [7, 11) is 0. The zero-order valence-corrected chi connectivity index (χ0v) is 10.6. The lowest BCUT2D eigenvalue weighted by Crippen LogP contribution is -2.32. The van der Waals surface area contributed by atoms with E-state index in [0.717, 1.165) is 6.04 Å². The fourth-order valence-corrected chi connectivity index (χ4v) is 3.28. The lowest BCUT2D eigenvalue weighted by molar-refractivity contribution is 0.348. The van der Waals surface area contributed by atoms with Crippen LogP contribution in [0.15, 0.2) is 12.1 Å². The molecule has 1 unspecified atom stereocenters. The number of hydrogen-bond acceptors (Lipinski definition) is 2. The summed E-state index contributed by atoms with van der Waals surface area (Å²) in [5, 5.41) is 3.76. The second kappa shape index (κ2) is 5.13. The van der Waals surface area contributed by atoms with E-state index < -0.39 is 0 Å². The average Bonchev–Trinajstić information content (AvgIpc) is 2.66. The summed E-state index contributed by atoms with van der Waals surface area (Å²) in [6.45, 7) is 4.47. The SMILES string of the molecule is Cc1ccc(C(C)NC2CCCCC2)s1. The third-order valence-corrected chi connectivity index (χ3v) is 4.46. The molecule has 1 heterocycles. The zero-order chi connectivity index (χ0) is 10.7. The Morgan fingerprint density at radius 2 is 2.00 bits per heavy atom. The zero-order valence-electron chi connectivity index (χ0n) is 9.75. The largest absolute Gasteiger partial charge is 0.307 e. The molecule has 0 aromatic carbocycles. The molecule has 84 valence electrons. The van der Waals surface area contributed by atoms with Crippen LogP contribution < -0.4 is 5.32 Å². The Balaban J connectivity index is 1.88. The summed E-state index contributed by atoms with van der Waals surface area (Å²) in [6.07, 6.45) is 7.00. The standard InChI is InChI=1S/C13H21NS/c1-10-8-9-13(15-10)11(2)14-12-6-4-3-5-7-12/h8-9,11-12,14H,3-7H2,1-2H3. The number of hydrogen-bond donors (Lipinski definition) is 1. The Morgan fingerprint density at radius 1 is 1.27 bits per heavy atom. The Labute approximate surface area is 96.9 Å². The maximum atomic E-state index is 3.76. The van der Waals surface area contributed by atoms with Crippen LogP contribution in [0.1, 0.15) is 54.8 Å². The Morgan fingerprint density at radius 3 is 2.60 bits per heavy atom. The molecule has 1 aliphatic carbocycles. The summed E-state index contributed by atoms with van der Waals surface area (Å²) < 4.78 is 0. The van der Waals surface area contributed by atoms with E-state index in [1.54, 1.807) is 0 Å². The summed E-state index contributed by atoms with van der Waals surface area (Å²) in [5.41, 5.74) is 0. The van der Waals surface area contributed by atoms with Crippen LogP contribution in [0.25, 0.3) is 0 Å². The number of thiophene rings is 1. The van der Waals surface area contributed by atoms with E-state index in [4.69, 9.17) is 0 Å². The van der Waals surface area contributed by atoms with Crippen LogP contribution in [0.2, 0.25) is 0 Å². The maximum absolute atomic E-state index is 3.76. The first kappa shape index (κ1) is 11.2. The Hall–Kier alpha value is -0.340. The molecule has 1 aromatic heterocycles. The van der Waals surface area contributed by atoms with Gasteiger partial charge in [0.15, 0.2) is 0 Å². The van der Waals surface area contributed by atoms with Crippen molar-refractivity contribution in [1.29, 1.82) is 0 Å². The predicted molar refractivity (Wildman–Crippen MR) is 67.5 cm³/mol. The molecule has 0 radical (unpaired) electrons. The normalized spacial score (nSPS) is 20.4. The van der Waals surface area contributed by atoms with Gasteiger partial charge >= 0.3 is 0 Å². The first-order valence-corrected chi connectivity index (χ1v) is 6.90. The van der Waals surface area contributed by atoms with Gasteiger partial charge in [0.1, 0.15) is 0 Å². The van der Waals surface area contributed by atoms with Crippen LogP contribution in [0.5, 0.6) is 0 Å². The summed E-state index contributed by atoms with van der Waals surface area (Å²) >= 11 is 1.92. The van der Waals surface area contributed by atoms with Gasteiger partial charge in [-0.1, -0.05) is 19.3 Å². The highest BCUT2D eigenvalue weighted by molar-refractivity contribution is 7.12. The minimum Gasteiger partial charge on any atom is -0.307 e. The van der Waals surface area contributed by atoms with Gasteiger partial charge in [-0.3, -0.25) is 0 Å². The minimum atomic E-state index is 0.534. The van der Waals surface area contributed by atoms with E-state index in [1.807, 2.05) is 11.3 Å². The second-order valence-electron chi connectivity index (χ2n) is 4.67. The van der Waals surface area contributed by atoms with Gasteiger partial charge in [0.25, 0.3) is 0 Å². The van der Waals surface area contributed by atoms with Crippen LogP contribution in [0, 0.1) is 6.92 Å². The number of aryl methyl sites for hydroxylation is 1. The van der Waals surface area contributed by atoms with Gasteiger partial charge in [0.2, 0.25) is 0 Å². The van der Waals surface area contributed by atoms with Gasteiger partial charge in [0, 0.05) is 21.8 Å². The van der Waals surface area contributed by atoms with Gasteiger partial charge in [-0.05, 0) is 38.8 Å². The van der Waals surface area contributed by atoms with Crippen LogP contribution in [-0.4, -0.2) is 6.04 Å². The first-order chi connectivity index (χ1) is 7.25. The number of nitrogens with one attached hydrogen (secondary N) is 1. The van der Waals surface area contributed by atoms with Crippen LogP contribution in [-0.2, 0) is 0 Å². The number of rotatable bonds is 3. The van der Waals surface area contributed by atoms with Crippen LogP contribution in [0.4, 0.5) is 0 Å². The molecule has 1 aliphatic rings. The Kier molecular flexibility index (Phi) is 3.81. The highest BCUT2D eigenvalue weighted by atomic mass is 32.1. The molecule has 0 spiro atoms. The highest BCUT2D eigenvalue weighted by Gasteiger charge is 2.16. The van der Waals surface area contributed by atoms with Crippen molar-refractivity contribution in [3.63, 3.8) is 0 Å². The molecule has 2 rings (SSSR count). The monoisotopic (exact) mass is 223 g/mol. The highest BCUT2D eigenvalue weighted by Crippen LogP contribution is 2.25. The molecule has 2 heteroatoms. The molecule has 0 aliphatic heterocycles. The van der Waals surface area contributed by atoms with Gasteiger partial charge < -0.3 is 5.32 Å². The molecule has 0 saturated heterocycles. The van der Waals surface area contributed by atoms with Crippen molar-refractivity contribution in [2.24, 2.45) is 0 Å². The van der Waals surface area contributed by atoms with E-state index in [9.17, 15) is 0 Å². The molecule has 1 aromatic rings. The molecule has 1 nitrogen and oxygen atoms in total. The van der Waals surface area contributed by atoms with Crippen molar-refractivity contribution >= 4 is 11.3 Å². The summed E-state index contributed by atoms with van der Waals surface area (Å²) in [5.74, 6) is 0. The summed E-state index contributed by atoms with van der Waals surface area (Å²) in [4.78, 5) is 2.90. The van der Waals surface area contributed by atoms with Crippen LogP contribution >= 0.6 is 11.3 Å². The van der Waals surface area contributed by atoms with Crippen molar-refractivity contribution in [3.05, 3.63) is 21.9 Å². The lowest BCUT2D eigenvalue weighted by Gasteiger charge is -2.26. The molecule has 0 bridgehead atoms. The van der Waals surface area contributed by atoms with E-state index in [1.165, 1.54) is 41.9 Å². The van der Waals surface area contributed by atoms with Gasteiger partial charge in [-0.25, -0.2) is 0 Å². The van der Waals surface area contributed by atoms with Crippen molar-refractivity contribution in [1.82, 2.24) is 5.32 Å². The minimum absolute atomic E-state index is 0.534. The van der Waals surface area contributed by atoms with Gasteiger partial charge in [-0.2, -0.15) is 0 Å². The Bertz CT molecular complexity index is 299. The molecular weight excluding hydrogens is 202 g/mol. The molecular formula is C13H21NS. The predicted octanol–water partition coefficient (Wildman–Crippen LogP) is 4.04. The maximum Gasteiger partial charge on any atom is 0.0388 e. The molecule has 1 saturated carbocycles. The average molecular weight is 223 g/mol. The third-order valence-electron chi connectivity index (χ3n) is 3.28. The summed E-state index contributed by atoms with van der Waals surface area (Å²) in [6, 6.07) is 5.78. The van der Waals surface area contributed by atoms with Crippen molar-refractivity contribution < 1.29 is 0 Å². The quantitative estimate of drug-likeness (QED) is 0.815. The van der Waals surface area contributed by atoms with Crippen molar-refractivity contribution in [2.45, 2.75) is 58.0 Å². The molecule has 0 amide bonds. The lowest BCUT2D eigenvalue weighted by atomic mass is 9.95. The van der Waals surface area contributed by atoms with Gasteiger partial charge in [0.05, 0.1) is 0 Å². The van der Waals surface area contributed by atoms with Gasteiger partial charge in [-0.15, -0.1) is 11.3 Å². The molecule has 1 N–H and O–H groups in total. The molecule has 1 atom stereocenters. The fraction of sp³-hybridized carbons (Fsp3) is 0.692. The molecule has 1 fully saturated rings. The molecule has 15 heavy (non-hydrogen) atoms. The fourth-order valence-electron chi connectivity index (χ4n) is 2.39. The smallest absolute Gasteiger partial charge is 0.0388 e. The topological polar surface area (TPSA) is 12.0 Å². The van der Waals surface area contributed by atoms with Crippen LogP contribution in [0.3, 0.4) is 0 Å². The van der Waals surface area contributed by atoms with Crippen molar-refractivity contribution in [2.75, 3.05) is 0 Å². The van der Waals surface area contributed by atoms with E-state index in [0.29, 0.717) is 6.04 Å². The van der Waals surface area contributed by atoms with E-state index in [-0.39, 0.29) is 0 Å². The third kappa shape index (κ3) is 3.05. The second-order valence-corrected chi connectivity index (χ2v) is 5.99. The van der Waals surface area contributed by atoms with Crippen molar-refractivity contribution in [3.8, 4) is 0 Å².